The van der Waals surface area contributed by atoms with Crippen LogP contribution >= 0.6 is 11.3 Å². The highest BCUT2D eigenvalue weighted by Gasteiger charge is 2.24. The lowest BCUT2D eigenvalue weighted by atomic mass is 10.1. The van der Waals surface area contributed by atoms with E-state index in [2.05, 4.69) is 9.97 Å². The molecule has 0 bridgehead atoms. The number of nitrogens with two attached hydrogens (primary N) is 1. The van der Waals surface area contributed by atoms with Crippen LogP contribution in [0, 0.1) is 5.82 Å². The van der Waals surface area contributed by atoms with Gasteiger partial charge in [0.15, 0.2) is 0 Å². The zero-order valence-corrected chi connectivity index (χ0v) is 16.8. The Bertz CT molecular complexity index is 1090. The summed E-state index contributed by atoms with van der Waals surface area (Å²) in [5.74, 6) is -0.734. The van der Waals surface area contributed by atoms with E-state index in [0.29, 0.717) is 36.6 Å². The number of H-pyrrole nitrogens is 1. The summed E-state index contributed by atoms with van der Waals surface area (Å²) in [4.78, 5) is 35.4. The Morgan fingerprint density at radius 1 is 1.38 bits per heavy atom. The first-order valence-electron chi connectivity index (χ1n) is 9.42. The van der Waals surface area contributed by atoms with Crippen molar-refractivity contribution in [3.05, 3.63) is 40.0 Å². The lowest BCUT2D eigenvalue weighted by molar-refractivity contribution is -0.137. The van der Waals surface area contributed by atoms with Gasteiger partial charge >= 0.3 is 0 Å². The van der Waals surface area contributed by atoms with Gasteiger partial charge < -0.3 is 20.4 Å². The highest BCUT2D eigenvalue weighted by Crippen LogP contribution is 2.35. The second-order valence-electron chi connectivity index (χ2n) is 6.98. The highest BCUT2D eigenvalue weighted by molar-refractivity contribution is 7.15. The van der Waals surface area contributed by atoms with E-state index in [0.717, 1.165) is 29.3 Å². The van der Waals surface area contributed by atoms with Crippen LogP contribution in [0.5, 0.6) is 0 Å². The van der Waals surface area contributed by atoms with Crippen molar-refractivity contribution in [2.45, 2.75) is 26.3 Å². The number of nitrogens with one attached hydrogen (secondary N) is 1. The second kappa shape index (κ2) is 7.92. The molecule has 3 heterocycles. The molecule has 0 atom stereocenters. The van der Waals surface area contributed by atoms with E-state index in [1.54, 1.807) is 16.2 Å². The van der Waals surface area contributed by atoms with E-state index in [1.807, 2.05) is 13.0 Å². The van der Waals surface area contributed by atoms with Crippen LogP contribution in [0.1, 0.15) is 34.1 Å². The first-order chi connectivity index (χ1) is 14.0. The number of carbonyl (C=O) groups is 2. The largest absolute Gasteiger partial charge is 0.372 e. The Morgan fingerprint density at radius 2 is 2.21 bits per heavy atom. The quantitative estimate of drug-likeness (QED) is 0.603. The number of halogens is 1. The minimum Gasteiger partial charge on any atom is -0.372 e. The topological polar surface area (TPSA) is 101 Å². The third-order valence-electron chi connectivity index (χ3n) is 4.84. The van der Waals surface area contributed by atoms with Crippen LogP contribution in [-0.4, -0.2) is 46.4 Å². The van der Waals surface area contributed by atoms with E-state index >= 15 is 0 Å². The van der Waals surface area contributed by atoms with Crippen LogP contribution < -0.4 is 5.73 Å². The molecule has 0 spiro atoms. The van der Waals surface area contributed by atoms with E-state index in [4.69, 9.17) is 10.5 Å². The lowest BCUT2D eigenvalue weighted by Crippen LogP contribution is -2.37. The molecule has 4 rings (SSSR count). The minimum absolute atomic E-state index is 0.0119. The standard InChI is InChI=1S/C20H21FN4O3S/c1-2-5-28-10-17(26)25-4-3-15-11(9-25)6-16(29-15)20-23-14-8-12(21)7-13(19(22)27)18(14)24-20/h6-8H,2-5,9-10H2,1H3,(H2,22,27)(H,23,24). The number of imidazole rings is 1. The molecular weight excluding hydrogens is 395 g/mol. The summed E-state index contributed by atoms with van der Waals surface area (Å²) < 4.78 is 19.1. The Kier molecular flexibility index (Phi) is 5.33. The van der Waals surface area contributed by atoms with Gasteiger partial charge in [-0.2, -0.15) is 0 Å². The van der Waals surface area contributed by atoms with Crippen molar-refractivity contribution in [2.75, 3.05) is 19.8 Å². The maximum atomic E-state index is 13.8. The molecule has 2 aromatic heterocycles. The summed E-state index contributed by atoms with van der Waals surface area (Å²) >= 11 is 1.58. The lowest BCUT2D eigenvalue weighted by Gasteiger charge is -2.26. The van der Waals surface area contributed by atoms with Crippen LogP contribution in [0.3, 0.4) is 0 Å². The third kappa shape index (κ3) is 3.88. The second-order valence-corrected chi connectivity index (χ2v) is 8.11. The molecule has 7 nitrogen and oxygen atoms in total. The molecule has 152 valence electrons. The molecule has 0 unspecified atom stereocenters. The van der Waals surface area contributed by atoms with Gasteiger partial charge in [0.25, 0.3) is 5.91 Å². The number of aromatic amines is 1. The van der Waals surface area contributed by atoms with Crippen LogP contribution in [-0.2, 0) is 22.5 Å². The number of rotatable bonds is 6. The van der Waals surface area contributed by atoms with Gasteiger partial charge in [-0.25, -0.2) is 9.37 Å². The molecule has 2 amide bonds. The summed E-state index contributed by atoms with van der Waals surface area (Å²) in [6.07, 6.45) is 1.64. The smallest absolute Gasteiger partial charge is 0.251 e. The summed E-state index contributed by atoms with van der Waals surface area (Å²) in [6, 6.07) is 4.38. The highest BCUT2D eigenvalue weighted by atomic mass is 32.1. The number of aromatic nitrogens is 2. The van der Waals surface area contributed by atoms with Crippen molar-refractivity contribution >= 4 is 34.2 Å². The summed E-state index contributed by atoms with van der Waals surface area (Å²) in [5.41, 5.74) is 7.25. The molecule has 0 fully saturated rings. The van der Waals surface area contributed by atoms with E-state index in [9.17, 15) is 14.0 Å². The first kappa shape index (κ1) is 19.5. The summed E-state index contributed by atoms with van der Waals surface area (Å²) in [6.45, 7) is 3.86. The van der Waals surface area contributed by atoms with Crippen molar-refractivity contribution in [2.24, 2.45) is 5.73 Å². The number of hydrogen-bond acceptors (Lipinski definition) is 5. The predicted octanol–water partition coefficient (Wildman–Crippen LogP) is 2.84. The molecule has 0 radical (unpaired) electrons. The van der Waals surface area contributed by atoms with Crippen molar-refractivity contribution < 1.29 is 18.7 Å². The molecular formula is C20H21FN4O3S. The van der Waals surface area contributed by atoms with Gasteiger partial charge in [0, 0.05) is 24.6 Å². The Morgan fingerprint density at radius 3 is 2.97 bits per heavy atom. The molecule has 0 aliphatic carbocycles. The van der Waals surface area contributed by atoms with Gasteiger partial charge in [-0.3, -0.25) is 9.59 Å². The van der Waals surface area contributed by atoms with Gasteiger partial charge in [-0.05, 0) is 36.6 Å². The Labute approximate surface area is 170 Å². The SMILES string of the molecule is CCCOCC(=O)N1CCc2sc(-c3nc4c(C(N)=O)cc(F)cc4[nH]3)cc2C1. The number of ether oxygens (including phenoxy) is 1. The minimum atomic E-state index is -0.725. The van der Waals surface area contributed by atoms with Gasteiger partial charge in [-0.1, -0.05) is 6.92 Å². The third-order valence-corrected chi connectivity index (χ3v) is 6.09. The molecule has 0 saturated carbocycles. The van der Waals surface area contributed by atoms with E-state index < -0.39 is 11.7 Å². The van der Waals surface area contributed by atoms with Crippen molar-refractivity contribution in [3.63, 3.8) is 0 Å². The van der Waals surface area contributed by atoms with Crippen LogP contribution in [0.15, 0.2) is 18.2 Å². The van der Waals surface area contributed by atoms with Crippen LogP contribution in [0.25, 0.3) is 21.7 Å². The van der Waals surface area contributed by atoms with Gasteiger partial charge in [0.1, 0.15) is 23.8 Å². The Hall–Kier alpha value is -2.78. The van der Waals surface area contributed by atoms with Crippen LogP contribution in [0.2, 0.25) is 0 Å². The van der Waals surface area contributed by atoms with E-state index in [-0.39, 0.29) is 18.1 Å². The fourth-order valence-corrected chi connectivity index (χ4v) is 4.55. The molecule has 0 saturated heterocycles. The van der Waals surface area contributed by atoms with Crippen molar-refractivity contribution in [1.29, 1.82) is 0 Å². The number of nitrogens with zero attached hydrogens (tertiary/aromatic N) is 2. The van der Waals surface area contributed by atoms with Crippen molar-refractivity contribution in [3.8, 4) is 10.7 Å². The first-order valence-corrected chi connectivity index (χ1v) is 10.2. The molecule has 3 aromatic rings. The van der Waals surface area contributed by atoms with Gasteiger partial charge in [0.05, 0.1) is 16.0 Å². The van der Waals surface area contributed by atoms with Crippen molar-refractivity contribution in [1.82, 2.24) is 14.9 Å². The fourth-order valence-electron chi connectivity index (χ4n) is 3.44. The number of amides is 2. The van der Waals surface area contributed by atoms with Crippen LogP contribution in [0.4, 0.5) is 4.39 Å². The maximum Gasteiger partial charge on any atom is 0.251 e. The summed E-state index contributed by atoms with van der Waals surface area (Å²) in [5, 5.41) is 0. The number of benzene rings is 1. The fraction of sp³-hybridized carbons (Fsp3) is 0.350. The number of thiophene rings is 1. The zero-order chi connectivity index (χ0) is 20.5. The molecule has 1 aliphatic heterocycles. The number of carbonyl (C=O) groups excluding carboxylic acids is 2. The van der Waals surface area contributed by atoms with E-state index in [1.165, 1.54) is 10.9 Å². The molecule has 29 heavy (non-hydrogen) atoms. The zero-order valence-electron chi connectivity index (χ0n) is 16.0. The predicted molar refractivity (Wildman–Crippen MR) is 108 cm³/mol. The van der Waals surface area contributed by atoms with Gasteiger partial charge in [0.2, 0.25) is 5.91 Å². The normalized spacial score (nSPS) is 13.7. The molecule has 1 aromatic carbocycles. The average Bonchev–Trinajstić information content (AvgIpc) is 3.30. The monoisotopic (exact) mass is 416 g/mol. The molecule has 3 N–H and O–H groups in total. The number of hydrogen-bond donors (Lipinski definition) is 2. The average molecular weight is 416 g/mol. The molecule has 1 aliphatic rings. The summed E-state index contributed by atoms with van der Waals surface area (Å²) in [7, 11) is 0. The number of fused-ring (bicyclic) bond motifs is 2. The van der Waals surface area contributed by atoms with Gasteiger partial charge in [-0.15, -0.1) is 11.3 Å². The Balaban J connectivity index is 1.59. The maximum absolute atomic E-state index is 13.8. The molecule has 9 heteroatoms. The number of primary amides is 1.